The van der Waals surface area contributed by atoms with Gasteiger partial charge in [-0.2, -0.15) is 0 Å². The minimum Gasteiger partial charge on any atom is -0.289 e. The second kappa shape index (κ2) is 6.73. The maximum atomic E-state index is 12.1. The van der Waals surface area contributed by atoms with E-state index in [4.69, 9.17) is 23.2 Å². The van der Waals surface area contributed by atoms with Crippen LogP contribution in [0.15, 0.2) is 6.07 Å². The van der Waals surface area contributed by atoms with E-state index < -0.39 is 5.91 Å². The molecule has 1 N–H and O–H groups in total. The Kier molecular flexibility index (Phi) is 4.98. The lowest BCUT2D eigenvalue weighted by Crippen LogP contribution is -2.17. The molecule has 0 radical (unpaired) electrons. The molecule has 0 saturated heterocycles. The summed E-state index contributed by atoms with van der Waals surface area (Å²) in [7, 11) is 0. The Morgan fingerprint density at radius 2 is 1.81 bits per heavy atom. The van der Waals surface area contributed by atoms with Crippen molar-refractivity contribution in [3.05, 3.63) is 33.3 Å². The average Bonchev–Trinajstić information content (AvgIpc) is 2.49. The number of carbonyl (C=O) groups excluding carboxylic acids is 1. The summed E-state index contributed by atoms with van der Waals surface area (Å²) in [6.45, 7) is 3.92. The molecule has 110 valence electrons. The van der Waals surface area contributed by atoms with Crippen molar-refractivity contribution in [2.45, 2.75) is 26.7 Å². The number of hydrogen-bond acceptors (Lipinski definition) is 6. The molecule has 2 heterocycles. The van der Waals surface area contributed by atoms with Crippen LogP contribution in [0.25, 0.3) is 0 Å². The van der Waals surface area contributed by atoms with Crippen LogP contribution in [0.4, 0.5) is 5.95 Å². The van der Waals surface area contributed by atoms with Crippen molar-refractivity contribution < 1.29 is 4.79 Å². The fourth-order valence-corrected chi connectivity index (χ4v) is 2.00. The van der Waals surface area contributed by atoms with Crippen LogP contribution in [-0.4, -0.2) is 31.3 Å². The maximum absolute atomic E-state index is 12.1. The number of amides is 1. The first kappa shape index (κ1) is 15.5. The van der Waals surface area contributed by atoms with E-state index in [1.165, 1.54) is 6.07 Å². The summed E-state index contributed by atoms with van der Waals surface area (Å²) in [5, 5.41) is 17.6. The molecule has 9 heteroatoms. The van der Waals surface area contributed by atoms with Gasteiger partial charge in [0.2, 0.25) is 5.95 Å². The number of rotatable bonds is 4. The molecule has 1 amide bonds. The number of nitrogens with one attached hydrogen (secondary N) is 1. The molecule has 0 atom stereocenters. The summed E-state index contributed by atoms with van der Waals surface area (Å²) in [6, 6.07) is 1.32. The summed E-state index contributed by atoms with van der Waals surface area (Å²) < 4.78 is 0. The van der Waals surface area contributed by atoms with E-state index in [9.17, 15) is 4.79 Å². The third kappa shape index (κ3) is 3.62. The average molecular weight is 327 g/mol. The van der Waals surface area contributed by atoms with Gasteiger partial charge < -0.3 is 0 Å². The van der Waals surface area contributed by atoms with E-state index >= 15 is 0 Å². The number of hydrogen-bond donors (Lipinski definition) is 1. The SMILES string of the molecule is CCc1nnc(NC(=O)c2cc(Cl)nnc2Cl)nc1CC. The van der Waals surface area contributed by atoms with E-state index in [2.05, 4.69) is 30.7 Å². The minimum atomic E-state index is -0.523. The normalized spacial score (nSPS) is 10.5. The van der Waals surface area contributed by atoms with E-state index in [-0.39, 0.29) is 21.8 Å². The Labute approximate surface area is 131 Å². The Hall–Kier alpha value is -1.86. The van der Waals surface area contributed by atoms with Gasteiger partial charge in [0, 0.05) is 0 Å². The molecule has 0 saturated carbocycles. The monoisotopic (exact) mass is 326 g/mol. The highest BCUT2D eigenvalue weighted by Crippen LogP contribution is 2.16. The molecule has 2 aromatic heterocycles. The summed E-state index contributed by atoms with van der Waals surface area (Å²) in [5.74, 6) is -0.414. The fraction of sp³-hybridized carbons (Fsp3) is 0.333. The molecule has 0 bridgehead atoms. The first-order valence-electron chi connectivity index (χ1n) is 6.27. The van der Waals surface area contributed by atoms with Crippen molar-refractivity contribution in [2.24, 2.45) is 0 Å². The molecule has 7 nitrogen and oxygen atoms in total. The van der Waals surface area contributed by atoms with Gasteiger partial charge in [0.1, 0.15) is 0 Å². The van der Waals surface area contributed by atoms with Gasteiger partial charge in [-0.3, -0.25) is 10.1 Å². The lowest BCUT2D eigenvalue weighted by Gasteiger charge is -2.07. The van der Waals surface area contributed by atoms with Gasteiger partial charge in [0.05, 0.1) is 17.0 Å². The van der Waals surface area contributed by atoms with Gasteiger partial charge in [-0.25, -0.2) is 4.98 Å². The van der Waals surface area contributed by atoms with Crippen LogP contribution in [-0.2, 0) is 12.8 Å². The van der Waals surface area contributed by atoms with Crippen LogP contribution in [0.3, 0.4) is 0 Å². The molecular weight excluding hydrogens is 315 g/mol. The first-order valence-corrected chi connectivity index (χ1v) is 7.03. The van der Waals surface area contributed by atoms with Crippen molar-refractivity contribution in [2.75, 3.05) is 5.32 Å². The van der Waals surface area contributed by atoms with Crippen LogP contribution >= 0.6 is 23.2 Å². The summed E-state index contributed by atoms with van der Waals surface area (Å²) in [4.78, 5) is 16.4. The van der Waals surface area contributed by atoms with Crippen molar-refractivity contribution in [3.63, 3.8) is 0 Å². The third-order valence-corrected chi connectivity index (χ3v) is 3.16. The topological polar surface area (TPSA) is 93.6 Å². The molecule has 0 aliphatic rings. The largest absolute Gasteiger partial charge is 0.289 e. The Bertz CT molecular complexity index is 679. The summed E-state index contributed by atoms with van der Waals surface area (Å²) >= 11 is 11.5. The number of halogens is 2. The molecule has 0 aliphatic carbocycles. The molecule has 2 aromatic rings. The van der Waals surface area contributed by atoms with E-state index in [1.807, 2.05) is 13.8 Å². The van der Waals surface area contributed by atoms with Crippen LogP contribution < -0.4 is 5.32 Å². The first-order chi connectivity index (χ1) is 10.0. The Morgan fingerprint density at radius 3 is 2.48 bits per heavy atom. The number of aryl methyl sites for hydroxylation is 2. The fourth-order valence-electron chi connectivity index (χ4n) is 1.67. The second-order valence-corrected chi connectivity index (χ2v) is 4.81. The second-order valence-electron chi connectivity index (χ2n) is 4.06. The van der Waals surface area contributed by atoms with Gasteiger partial charge in [-0.05, 0) is 18.9 Å². The van der Waals surface area contributed by atoms with Crippen molar-refractivity contribution in [3.8, 4) is 0 Å². The van der Waals surface area contributed by atoms with Crippen molar-refractivity contribution >= 4 is 35.1 Å². The molecule has 2 rings (SSSR count). The van der Waals surface area contributed by atoms with Crippen molar-refractivity contribution in [1.29, 1.82) is 0 Å². The molecule has 21 heavy (non-hydrogen) atoms. The third-order valence-electron chi connectivity index (χ3n) is 2.70. The van der Waals surface area contributed by atoms with Gasteiger partial charge in [0.15, 0.2) is 10.3 Å². The van der Waals surface area contributed by atoms with E-state index in [0.717, 1.165) is 17.8 Å². The predicted molar refractivity (Wildman–Crippen MR) is 78.6 cm³/mol. The highest BCUT2D eigenvalue weighted by atomic mass is 35.5. The highest BCUT2D eigenvalue weighted by Gasteiger charge is 2.15. The number of aromatic nitrogens is 5. The zero-order chi connectivity index (χ0) is 15.4. The van der Waals surface area contributed by atoms with Crippen LogP contribution in [0, 0.1) is 0 Å². The van der Waals surface area contributed by atoms with Gasteiger partial charge in [-0.1, -0.05) is 37.0 Å². The quantitative estimate of drug-likeness (QED) is 0.926. The zero-order valence-electron chi connectivity index (χ0n) is 11.4. The lowest BCUT2D eigenvalue weighted by molar-refractivity contribution is 0.102. The van der Waals surface area contributed by atoms with Gasteiger partial charge in [0.25, 0.3) is 5.91 Å². The molecule has 0 aliphatic heterocycles. The Morgan fingerprint density at radius 1 is 1.10 bits per heavy atom. The maximum Gasteiger partial charge on any atom is 0.261 e. The molecule has 0 spiro atoms. The van der Waals surface area contributed by atoms with E-state index in [0.29, 0.717) is 6.42 Å². The highest BCUT2D eigenvalue weighted by molar-refractivity contribution is 6.34. The van der Waals surface area contributed by atoms with Gasteiger partial charge in [-0.15, -0.1) is 20.4 Å². The number of carbonyl (C=O) groups is 1. The standard InChI is InChI=1S/C12H12Cl2N6O/c1-3-7-8(4-2)17-20-12(15-7)16-11(21)6-5-9(13)18-19-10(6)14/h5H,3-4H2,1-2H3,(H,15,16,20,21). The van der Waals surface area contributed by atoms with Crippen LogP contribution in [0.1, 0.15) is 35.6 Å². The predicted octanol–water partition coefficient (Wildman–Crippen LogP) is 2.35. The van der Waals surface area contributed by atoms with Crippen LogP contribution in [0.2, 0.25) is 10.3 Å². The lowest BCUT2D eigenvalue weighted by atomic mass is 10.2. The molecule has 0 unspecified atom stereocenters. The summed E-state index contributed by atoms with van der Waals surface area (Å²) in [6.07, 6.45) is 1.43. The summed E-state index contributed by atoms with van der Waals surface area (Å²) in [5.41, 5.74) is 1.69. The molecule has 0 aromatic carbocycles. The van der Waals surface area contributed by atoms with Crippen molar-refractivity contribution in [1.82, 2.24) is 25.4 Å². The molecule has 0 fully saturated rings. The number of nitrogens with zero attached hydrogens (tertiary/aromatic N) is 5. The number of anilines is 1. The smallest absolute Gasteiger partial charge is 0.261 e. The van der Waals surface area contributed by atoms with E-state index in [1.54, 1.807) is 0 Å². The van der Waals surface area contributed by atoms with Crippen LogP contribution in [0.5, 0.6) is 0 Å². The van der Waals surface area contributed by atoms with Gasteiger partial charge >= 0.3 is 0 Å². The minimum absolute atomic E-state index is 0.0502. The zero-order valence-corrected chi connectivity index (χ0v) is 12.9. The molecular formula is C12H12Cl2N6O. The Balaban J connectivity index is 2.25.